The zero-order valence-corrected chi connectivity index (χ0v) is 10.2. The Hall–Kier alpha value is -1.54. The summed E-state index contributed by atoms with van der Waals surface area (Å²) < 4.78 is 51.1. The van der Waals surface area contributed by atoms with Crippen LogP contribution in [0.1, 0.15) is 6.92 Å². The number of hydrogen-bond acceptors (Lipinski definition) is 3. The highest BCUT2D eigenvalue weighted by Gasteiger charge is 2.21. The number of sulfonamides is 1. The Morgan fingerprint density at radius 3 is 2.56 bits per heavy atom. The van der Waals surface area contributed by atoms with Crippen molar-refractivity contribution in [3.63, 3.8) is 0 Å². The van der Waals surface area contributed by atoms with Gasteiger partial charge in [-0.05, 0) is 12.1 Å². The summed E-state index contributed by atoms with van der Waals surface area (Å²) in [7, 11) is -4.19. The van der Waals surface area contributed by atoms with Gasteiger partial charge in [-0.2, -0.15) is 0 Å². The van der Waals surface area contributed by atoms with Gasteiger partial charge in [0.1, 0.15) is 16.5 Å². The van der Waals surface area contributed by atoms with Crippen molar-refractivity contribution in [1.29, 1.82) is 0 Å². The van der Waals surface area contributed by atoms with Gasteiger partial charge >= 0.3 is 5.97 Å². The SMILES string of the molecule is CC(CNS(=O)(=O)c1ccc(F)cc1F)C(=O)O. The first kappa shape index (κ1) is 14.5. The first-order chi connectivity index (χ1) is 8.24. The average molecular weight is 279 g/mol. The highest BCUT2D eigenvalue weighted by Crippen LogP contribution is 2.15. The standard InChI is InChI=1S/C10H11F2NO4S/c1-6(10(14)15)5-13-18(16,17)9-3-2-7(11)4-8(9)12/h2-4,6,13H,5H2,1H3,(H,14,15). The first-order valence-corrected chi connectivity index (χ1v) is 6.40. The number of nitrogens with one attached hydrogen (secondary N) is 1. The van der Waals surface area contributed by atoms with Crippen LogP contribution >= 0.6 is 0 Å². The minimum absolute atomic E-state index is 0.380. The molecular formula is C10H11F2NO4S. The second-order valence-corrected chi connectivity index (χ2v) is 5.40. The van der Waals surface area contributed by atoms with Gasteiger partial charge in [0.25, 0.3) is 0 Å². The highest BCUT2D eigenvalue weighted by molar-refractivity contribution is 7.89. The number of carboxylic acid groups (broad SMARTS) is 1. The lowest BCUT2D eigenvalue weighted by Crippen LogP contribution is -2.32. The lowest BCUT2D eigenvalue weighted by Gasteiger charge is -2.09. The number of carboxylic acids is 1. The van der Waals surface area contributed by atoms with E-state index in [2.05, 4.69) is 0 Å². The second-order valence-electron chi connectivity index (χ2n) is 3.67. The number of benzene rings is 1. The first-order valence-electron chi connectivity index (χ1n) is 4.91. The number of aliphatic carboxylic acids is 1. The molecule has 0 aliphatic rings. The Kier molecular flexibility index (Phi) is 4.36. The molecule has 0 amide bonds. The summed E-state index contributed by atoms with van der Waals surface area (Å²) in [6.07, 6.45) is 0. The van der Waals surface area contributed by atoms with E-state index in [1.807, 2.05) is 4.72 Å². The molecule has 0 fully saturated rings. The van der Waals surface area contributed by atoms with Crippen LogP contribution < -0.4 is 4.72 Å². The molecule has 0 saturated heterocycles. The van der Waals surface area contributed by atoms with E-state index in [0.29, 0.717) is 6.07 Å². The van der Waals surface area contributed by atoms with E-state index in [0.717, 1.165) is 12.1 Å². The molecule has 1 rings (SSSR count). The third-order valence-corrected chi connectivity index (χ3v) is 3.64. The summed E-state index contributed by atoms with van der Waals surface area (Å²) in [6, 6.07) is 2.02. The molecule has 1 atom stereocenters. The molecule has 100 valence electrons. The van der Waals surface area contributed by atoms with Crippen LogP contribution in [0.2, 0.25) is 0 Å². The number of hydrogen-bond donors (Lipinski definition) is 2. The molecule has 0 bridgehead atoms. The molecular weight excluding hydrogens is 268 g/mol. The van der Waals surface area contributed by atoms with Crippen LogP contribution in [0.5, 0.6) is 0 Å². The Balaban J connectivity index is 2.90. The molecule has 8 heteroatoms. The zero-order valence-electron chi connectivity index (χ0n) is 9.35. The van der Waals surface area contributed by atoms with E-state index in [1.54, 1.807) is 0 Å². The Labute approximate surface area is 102 Å². The van der Waals surface area contributed by atoms with Gasteiger partial charge in [-0.1, -0.05) is 6.92 Å². The van der Waals surface area contributed by atoms with Gasteiger partial charge in [-0.15, -0.1) is 0 Å². The van der Waals surface area contributed by atoms with Crippen molar-refractivity contribution in [3.05, 3.63) is 29.8 Å². The van der Waals surface area contributed by atoms with Gasteiger partial charge in [0, 0.05) is 12.6 Å². The lowest BCUT2D eigenvalue weighted by molar-refractivity contribution is -0.140. The highest BCUT2D eigenvalue weighted by atomic mass is 32.2. The number of rotatable bonds is 5. The largest absolute Gasteiger partial charge is 0.481 e. The Bertz CT molecular complexity index is 559. The van der Waals surface area contributed by atoms with E-state index in [-0.39, 0.29) is 6.54 Å². The molecule has 1 unspecified atom stereocenters. The molecule has 0 aliphatic carbocycles. The van der Waals surface area contributed by atoms with Gasteiger partial charge in [-0.25, -0.2) is 21.9 Å². The zero-order chi connectivity index (χ0) is 13.9. The monoisotopic (exact) mass is 279 g/mol. The van der Waals surface area contributed by atoms with Gasteiger partial charge in [0.15, 0.2) is 0 Å². The van der Waals surface area contributed by atoms with Crippen molar-refractivity contribution in [3.8, 4) is 0 Å². The van der Waals surface area contributed by atoms with E-state index in [1.165, 1.54) is 6.92 Å². The van der Waals surface area contributed by atoms with Crippen LogP contribution in [0.4, 0.5) is 8.78 Å². The van der Waals surface area contributed by atoms with Crippen molar-refractivity contribution in [2.45, 2.75) is 11.8 Å². The van der Waals surface area contributed by atoms with Crippen LogP contribution in [0.15, 0.2) is 23.1 Å². The number of halogens is 2. The van der Waals surface area contributed by atoms with Crippen LogP contribution in [-0.2, 0) is 14.8 Å². The van der Waals surface area contributed by atoms with Gasteiger partial charge in [0.05, 0.1) is 5.92 Å². The van der Waals surface area contributed by atoms with Gasteiger partial charge in [-0.3, -0.25) is 4.79 Å². The van der Waals surface area contributed by atoms with Crippen LogP contribution in [0.3, 0.4) is 0 Å². The average Bonchev–Trinajstić information content (AvgIpc) is 2.25. The summed E-state index contributed by atoms with van der Waals surface area (Å²) in [5, 5.41) is 8.58. The normalized spacial score (nSPS) is 13.3. The summed E-state index contributed by atoms with van der Waals surface area (Å²) >= 11 is 0. The maximum Gasteiger partial charge on any atom is 0.307 e. The van der Waals surface area contributed by atoms with Crippen molar-refractivity contribution >= 4 is 16.0 Å². The fourth-order valence-electron chi connectivity index (χ4n) is 1.09. The molecule has 0 heterocycles. The lowest BCUT2D eigenvalue weighted by atomic mass is 10.2. The fraction of sp³-hybridized carbons (Fsp3) is 0.300. The van der Waals surface area contributed by atoms with Crippen LogP contribution in [0, 0.1) is 17.6 Å². The number of carbonyl (C=O) groups is 1. The van der Waals surface area contributed by atoms with E-state index < -0.39 is 38.4 Å². The minimum Gasteiger partial charge on any atom is -0.481 e. The predicted octanol–water partition coefficient (Wildman–Crippen LogP) is 0.964. The minimum atomic E-state index is -4.19. The Morgan fingerprint density at radius 1 is 1.44 bits per heavy atom. The van der Waals surface area contributed by atoms with Gasteiger partial charge < -0.3 is 5.11 Å². The molecule has 18 heavy (non-hydrogen) atoms. The van der Waals surface area contributed by atoms with Crippen molar-refractivity contribution in [2.24, 2.45) is 5.92 Å². The van der Waals surface area contributed by atoms with Crippen LogP contribution in [0.25, 0.3) is 0 Å². The topological polar surface area (TPSA) is 83.5 Å². The molecule has 0 aromatic heterocycles. The van der Waals surface area contributed by atoms with E-state index >= 15 is 0 Å². The molecule has 0 saturated carbocycles. The smallest absolute Gasteiger partial charge is 0.307 e. The third kappa shape index (κ3) is 3.47. The maximum absolute atomic E-state index is 13.3. The quantitative estimate of drug-likeness (QED) is 0.841. The second kappa shape index (κ2) is 5.40. The molecule has 5 nitrogen and oxygen atoms in total. The van der Waals surface area contributed by atoms with Crippen molar-refractivity contribution in [1.82, 2.24) is 4.72 Å². The van der Waals surface area contributed by atoms with E-state index in [9.17, 15) is 22.0 Å². The van der Waals surface area contributed by atoms with E-state index in [4.69, 9.17) is 5.11 Å². The summed E-state index contributed by atoms with van der Waals surface area (Å²) in [5.74, 6) is -4.27. The van der Waals surface area contributed by atoms with Gasteiger partial charge in [0.2, 0.25) is 10.0 Å². The Morgan fingerprint density at radius 2 is 2.06 bits per heavy atom. The maximum atomic E-state index is 13.3. The molecule has 1 aromatic carbocycles. The van der Waals surface area contributed by atoms with Crippen molar-refractivity contribution < 1.29 is 27.1 Å². The molecule has 2 N–H and O–H groups in total. The van der Waals surface area contributed by atoms with Crippen LogP contribution in [-0.4, -0.2) is 26.0 Å². The third-order valence-electron chi connectivity index (χ3n) is 2.18. The summed E-state index contributed by atoms with van der Waals surface area (Å²) in [4.78, 5) is 9.78. The molecule has 0 aliphatic heterocycles. The summed E-state index contributed by atoms with van der Waals surface area (Å²) in [6.45, 7) is 0.917. The van der Waals surface area contributed by atoms with Crippen molar-refractivity contribution in [2.75, 3.05) is 6.54 Å². The molecule has 0 spiro atoms. The fourth-order valence-corrected chi connectivity index (χ4v) is 2.28. The molecule has 0 radical (unpaired) electrons. The summed E-state index contributed by atoms with van der Waals surface area (Å²) in [5.41, 5.74) is 0. The molecule has 1 aromatic rings. The predicted molar refractivity (Wildman–Crippen MR) is 58.3 cm³/mol.